The van der Waals surface area contributed by atoms with Gasteiger partial charge in [-0.05, 0) is 51.2 Å². The molecule has 0 spiro atoms. The number of amides is 1. The van der Waals surface area contributed by atoms with Crippen molar-refractivity contribution in [3.05, 3.63) is 60.3 Å². The maximum absolute atomic E-state index is 13.3. The molecule has 1 aliphatic heterocycles. The number of nitrogens with one attached hydrogen (secondary N) is 3. The Hall–Kier alpha value is -3.91. The van der Waals surface area contributed by atoms with Gasteiger partial charge in [0.2, 0.25) is 21.9 Å². The monoisotopic (exact) mass is 628 g/mol. The van der Waals surface area contributed by atoms with Gasteiger partial charge in [-0.3, -0.25) is 4.79 Å². The lowest BCUT2D eigenvalue weighted by molar-refractivity contribution is -0.111. The molecule has 0 unspecified atom stereocenters. The van der Waals surface area contributed by atoms with Crippen molar-refractivity contribution in [2.45, 2.75) is 17.7 Å². The van der Waals surface area contributed by atoms with Crippen LogP contribution in [0.2, 0.25) is 5.02 Å². The van der Waals surface area contributed by atoms with Crippen LogP contribution in [0.25, 0.3) is 0 Å². The molecule has 3 N–H and O–H groups in total. The third kappa shape index (κ3) is 7.73. The highest BCUT2D eigenvalue weighted by Crippen LogP contribution is 2.38. The number of likely N-dealkylation sites (N-methyl/N-ethyl adjacent to an activating group) is 2. The van der Waals surface area contributed by atoms with Crippen LogP contribution in [-0.4, -0.2) is 87.9 Å². The predicted molar refractivity (Wildman–Crippen MR) is 172 cm³/mol. The van der Waals surface area contributed by atoms with E-state index in [1.54, 1.807) is 37.4 Å². The van der Waals surface area contributed by atoms with Crippen molar-refractivity contribution in [3.63, 3.8) is 0 Å². The van der Waals surface area contributed by atoms with Crippen LogP contribution in [0.5, 0.6) is 5.75 Å². The van der Waals surface area contributed by atoms with Crippen LogP contribution in [-0.2, 0) is 14.8 Å². The molecule has 0 bridgehead atoms. The van der Waals surface area contributed by atoms with Crippen LogP contribution in [0.15, 0.2) is 60.1 Å². The second-order valence-corrected chi connectivity index (χ2v) is 12.5. The highest BCUT2D eigenvalue weighted by atomic mass is 35.5. The summed E-state index contributed by atoms with van der Waals surface area (Å²) in [4.78, 5) is 25.3. The maximum Gasteiger partial charge on any atom is 0.247 e. The number of para-hydroxylation sites is 1. The minimum absolute atomic E-state index is 0.138. The summed E-state index contributed by atoms with van der Waals surface area (Å²) in [6, 6.07) is 10.2. The van der Waals surface area contributed by atoms with E-state index in [0.29, 0.717) is 42.4 Å². The van der Waals surface area contributed by atoms with Crippen molar-refractivity contribution in [1.29, 1.82) is 0 Å². The summed E-state index contributed by atoms with van der Waals surface area (Å²) < 4.78 is 33.8. The number of benzene rings is 2. The smallest absolute Gasteiger partial charge is 0.247 e. The van der Waals surface area contributed by atoms with Crippen molar-refractivity contribution < 1.29 is 17.9 Å². The molecule has 1 amide bonds. The number of aromatic nitrogens is 2. The zero-order valence-corrected chi connectivity index (χ0v) is 26.3. The Labute approximate surface area is 257 Å². The average molecular weight is 629 g/mol. The van der Waals surface area contributed by atoms with E-state index in [-0.39, 0.29) is 27.6 Å². The Kier molecular flexibility index (Phi) is 10.5. The van der Waals surface area contributed by atoms with Gasteiger partial charge in [0.1, 0.15) is 15.7 Å². The Morgan fingerprint density at radius 1 is 1.09 bits per heavy atom. The van der Waals surface area contributed by atoms with Gasteiger partial charge in [-0.1, -0.05) is 30.3 Å². The van der Waals surface area contributed by atoms with Gasteiger partial charge < -0.3 is 30.5 Å². The Morgan fingerprint density at radius 3 is 2.49 bits per heavy atom. The second kappa shape index (κ2) is 14.0. The molecule has 1 fully saturated rings. The van der Waals surface area contributed by atoms with E-state index < -0.39 is 10.0 Å². The Bertz CT molecular complexity index is 1580. The number of sulfonamides is 1. The van der Waals surface area contributed by atoms with E-state index >= 15 is 0 Å². The number of carbonyl (C=O) groups excluding carboxylic acids is 1. The van der Waals surface area contributed by atoms with Gasteiger partial charge in [0.25, 0.3) is 0 Å². The molecule has 43 heavy (non-hydrogen) atoms. The molecule has 1 saturated heterocycles. The molecule has 0 saturated carbocycles. The summed E-state index contributed by atoms with van der Waals surface area (Å²) >= 11 is 6.44. The lowest BCUT2D eigenvalue weighted by Crippen LogP contribution is -2.29. The lowest BCUT2D eigenvalue weighted by atomic mass is 10.2. The number of rotatable bonds is 13. The largest absolute Gasteiger partial charge is 0.494 e. The molecular weight excluding hydrogens is 592 g/mol. The van der Waals surface area contributed by atoms with Gasteiger partial charge in [0.05, 0.1) is 36.1 Å². The van der Waals surface area contributed by atoms with Crippen LogP contribution in [0.4, 0.5) is 34.5 Å². The third-order valence-corrected chi connectivity index (χ3v) is 9.10. The topological polar surface area (TPSA) is 132 Å². The van der Waals surface area contributed by atoms with Gasteiger partial charge in [0, 0.05) is 39.3 Å². The van der Waals surface area contributed by atoms with Gasteiger partial charge >= 0.3 is 0 Å². The van der Waals surface area contributed by atoms with Crippen molar-refractivity contribution >= 4 is 62.0 Å². The number of halogens is 1. The van der Waals surface area contributed by atoms with Crippen molar-refractivity contribution in [1.82, 2.24) is 19.2 Å². The fraction of sp³-hybridized carbons (Fsp3) is 0.345. The van der Waals surface area contributed by atoms with Crippen LogP contribution >= 0.6 is 11.6 Å². The second-order valence-electron chi connectivity index (χ2n) is 10.2. The molecule has 12 nitrogen and oxygen atoms in total. The van der Waals surface area contributed by atoms with Crippen LogP contribution in [0.1, 0.15) is 12.8 Å². The van der Waals surface area contributed by atoms with Crippen LogP contribution in [0, 0.1) is 0 Å². The molecule has 1 aromatic heterocycles. The first-order valence-corrected chi connectivity index (χ1v) is 15.5. The molecule has 2 aromatic carbocycles. The molecule has 0 atom stereocenters. The number of nitrogens with zero attached hydrogens (tertiary/aromatic N) is 5. The fourth-order valence-corrected chi connectivity index (χ4v) is 6.33. The molecule has 4 rings (SSSR count). The highest BCUT2D eigenvalue weighted by molar-refractivity contribution is 7.89. The zero-order valence-electron chi connectivity index (χ0n) is 24.7. The standard InChI is InChI=1S/C29H37ClN8O4S/c1-6-27(39)32-22-17-23(25(42-5)18-24(22)37(4)16-15-36(2)3)34-29-31-19-20(30)28(35-29)33-21-11-7-8-12-26(21)43(40,41)38-13-9-10-14-38/h6-8,11-12,17-19H,1,9-10,13-16H2,2-5H3,(H,32,39)(H2,31,33,34,35). The number of hydrogen-bond acceptors (Lipinski definition) is 10. The van der Waals surface area contributed by atoms with E-state index in [1.807, 2.05) is 32.1 Å². The van der Waals surface area contributed by atoms with Gasteiger partial charge in [-0.15, -0.1) is 0 Å². The first-order chi connectivity index (χ1) is 20.5. The number of hydrogen-bond donors (Lipinski definition) is 3. The maximum atomic E-state index is 13.3. The van der Waals surface area contributed by atoms with E-state index in [1.165, 1.54) is 16.6 Å². The first kappa shape index (κ1) is 32.0. The number of carbonyl (C=O) groups is 1. The van der Waals surface area contributed by atoms with E-state index in [4.69, 9.17) is 16.3 Å². The first-order valence-electron chi connectivity index (χ1n) is 13.7. The quantitative estimate of drug-likeness (QED) is 0.232. The summed E-state index contributed by atoms with van der Waals surface area (Å²) in [7, 11) is 3.74. The molecule has 1 aliphatic rings. The summed E-state index contributed by atoms with van der Waals surface area (Å²) in [5.41, 5.74) is 2.10. The minimum atomic E-state index is -3.70. The van der Waals surface area contributed by atoms with Crippen molar-refractivity contribution in [2.24, 2.45) is 0 Å². The van der Waals surface area contributed by atoms with Crippen molar-refractivity contribution in [3.8, 4) is 5.75 Å². The Morgan fingerprint density at radius 2 is 1.81 bits per heavy atom. The van der Waals surface area contributed by atoms with E-state index in [0.717, 1.165) is 25.1 Å². The van der Waals surface area contributed by atoms with Gasteiger partial charge in [-0.25, -0.2) is 13.4 Å². The minimum Gasteiger partial charge on any atom is -0.494 e. The van der Waals surface area contributed by atoms with Gasteiger partial charge in [0.15, 0.2) is 5.82 Å². The summed E-state index contributed by atoms with van der Waals surface area (Å²) in [6.07, 6.45) is 4.27. The number of ether oxygens (including phenoxy) is 1. The molecule has 0 radical (unpaired) electrons. The zero-order chi connectivity index (χ0) is 31.1. The average Bonchev–Trinajstić information content (AvgIpc) is 3.54. The normalized spacial score (nSPS) is 13.5. The SMILES string of the molecule is C=CC(=O)Nc1cc(Nc2ncc(Cl)c(Nc3ccccc3S(=O)(=O)N3CCCC3)n2)c(OC)cc1N(C)CCN(C)C. The molecule has 2 heterocycles. The number of methoxy groups -OCH3 is 1. The summed E-state index contributed by atoms with van der Waals surface area (Å²) in [5, 5.41) is 9.27. The molecule has 0 aliphatic carbocycles. The molecule has 14 heteroatoms. The lowest BCUT2D eigenvalue weighted by Gasteiger charge is -2.26. The molecule has 3 aromatic rings. The highest BCUT2D eigenvalue weighted by Gasteiger charge is 2.29. The third-order valence-electron chi connectivity index (χ3n) is 6.87. The van der Waals surface area contributed by atoms with E-state index in [2.05, 4.69) is 37.4 Å². The molecular formula is C29H37ClN8O4S. The van der Waals surface area contributed by atoms with Gasteiger partial charge in [-0.2, -0.15) is 9.29 Å². The Balaban J connectivity index is 1.66. The predicted octanol–water partition coefficient (Wildman–Crippen LogP) is 4.53. The summed E-state index contributed by atoms with van der Waals surface area (Å²) in [6.45, 7) is 6.03. The molecule has 230 valence electrons. The van der Waals surface area contributed by atoms with Crippen LogP contribution < -0.4 is 25.6 Å². The number of anilines is 6. The van der Waals surface area contributed by atoms with E-state index in [9.17, 15) is 13.2 Å². The van der Waals surface area contributed by atoms with Crippen molar-refractivity contribution in [2.75, 3.05) is 75.3 Å². The fourth-order valence-electron chi connectivity index (χ4n) is 4.53. The summed E-state index contributed by atoms with van der Waals surface area (Å²) in [5.74, 6) is 0.496. The van der Waals surface area contributed by atoms with Crippen LogP contribution in [0.3, 0.4) is 0 Å².